The van der Waals surface area contributed by atoms with Crippen LogP contribution in [0.5, 0.6) is 0 Å². The summed E-state index contributed by atoms with van der Waals surface area (Å²) in [5.74, 6) is 0. The lowest BCUT2D eigenvalue weighted by atomic mass is 9.95. The zero-order valence-corrected chi connectivity index (χ0v) is 13.8. The number of rotatable bonds is 9. The van der Waals surface area contributed by atoms with Crippen LogP contribution in [0.1, 0.15) is 79.1 Å². The number of piperazine rings is 1. The van der Waals surface area contributed by atoms with Gasteiger partial charge in [0, 0.05) is 24.7 Å². The summed E-state index contributed by atoms with van der Waals surface area (Å²) in [5.41, 5.74) is 0.341. The monoisotopic (exact) mass is 268 g/mol. The van der Waals surface area contributed by atoms with Crippen LogP contribution in [-0.2, 0) is 0 Å². The number of hydrogen-bond acceptors (Lipinski definition) is 2. The molecule has 0 spiro atoms. The summed E-state index contributed by atoms with van der Waals surface area (Å²) < 4.78 is 0. The first-order valence-electron chi connectivity index (χ1n) is 8.58. The molecular formula is C17H36N2. The Morgan fingerprint density at radius 3 is 2.37 bits per heavy atom. The van der Waals surface area contributed by atoms with E-state index in [-0.39, 0.29) is 0 Å². The Kier molecular flexibility index (Phi) is 8.01. The molecule has 1 unspecified atom stereocenters. The lowest BCUT2D eigenvalue weighted by Gasteiger charge is -2.46. The quantitative estimate of drug-likeness (QED) is 0.631. The highest BCUT2D eigenvalue weighted by molar-refractivity contribution is 4.92. The van der Waals surface area contributed by atoms with Gasteiger partial charge in [-0.15, -0.1) is 0 Å². The van der Waals surface area contributed by atoms with Gasteiger partial charge in [0.05, 0.1) is 0 Å². The SMILES string of the molecule is CCCCCCCCN1CC(CCC)NCC1(C)C. The van der Waals surface area contributed by atoms with E-state index in [0.717, 1.165) is 12.6 Å². The van der Waals surface area contributed by atoms with Gasteiger partial charge in [-0.1, -0.05) is 52.4 Å². The number of unbranched alkanes of at least 4 members (excludes halogenated alkanes) is 5. The van der Waals surface area contributed by atoms with Gasteiger partial charge in [-0.2, -0.15) is 0 Å². The fourth-order valence-electron chi connectivity index (χ4n) is 3.10. The van der Waals surface area contributed by atoms with Gasteiger partial charge in [-0.3, -0.25) is 4.90 Å². The molecule has 0 aromatic heterocycles. The zero-order chi connectivity index (χ0) is 14.1. The van der Waals surface area contributed by atoms with E-state index in [4.69, 9.17) is 0 Å². The third kappa shape index (κ3) is 6.27. The highest BCUT2D eigenvalue weighted by atomic mass is 15.3. The largest absolute Gasteiger partial charge is 0.311 e. The molecule has 0 saturated carbocycles. The van der Waals surface area contributed by atoms with Crippen molar-refractivity contribution in [3.05, 3.63) is 0 Å². The molecule has 2 nitrogen and oxygen atoms in total. The molecule has 114 valence electrons. The first-order chi connectivity index (χ1) is 9.10. The summed E-state index contributed by atoms with van der Waals surface area (Å²) in [6.45, 7) is 13.0. The van der Waals surface area contributed by atoms with Crippen molar-refractivity contribution >= 4 is 0 Å². The highest BCUT2D eigenvalue weighted by Gasteiger charge is 2.32. The second-order valence-corrected chi connectivity index (χ2v) is 6.89. The van der Waals surface area contributed by atoms with Gasteiger partial charge in [0.1, 0.15) is 0 Å². The van der Waals surface area contributed by atoms with E-state index in [2.05, 4.69) is 37.9 Å². The molecule has 0 aromatic carbocycles. The standard InChI is InChI=1S/C17H36N2/c1-5-7-8-9-10-11-13-19-14-16(12-6-2)18-15-17(19,3)4/h16,18H,5-15H2,1-4H3. The molecule has 1 aliphatic heterocycles. The van der Waals surface area contributed by atoms with Gasteiger partial charge in [0.2, 0.25) is 0 Å². The van der Waals surface area contributed by atoms with Crippen molar-refractivity contribution in [3.8, 4) is 0 Å². The summed E-state index contributed by atoms with van der Waals surface area (Å²) in [7, 11) is 0. The topological polar surface area (TPSA) is 15.3 Å². The molecule has 0 amide bonds. The normalized spacial score (nSPS) is 23.7. The van der Waals surface area contributed by atoms with E-state index in [0.29, 0.717) is 5.54 Å². The van der Waals surface area contributed by atoms with Crippen molar-refractivity contribution < 1.29 is 0 Å². The molecule has 1 aliphatic rings. The number of nitrogens with one attached hydrogen (secondary N) is 1. The van der Waals surface area contributed by atoms with Crippen molar-refractivity contribution in [1.82, 2.24) is 10.2 Å². The molecule has 1 atom stereocenters. The van der Waals surface area contributed by atoms with Crippen LogP contribution in [0.2, 0.25) is 0 Å². The molecule has 1 saturated heterocycles. The first-order valence-corrected chi connectivity index (χ1v) is 8.58. The minimum Gasteiger partial charge on any atom is -0.311 e. The third-order valence-corrected chi connectivity index (χ3v) is 4.54. The molecule has 0 radical (unpaired) electrons. The van der Waals surface area contributed by atoms with Crippen LogP contribution >= 0.6 is 0 Å². The molecule has 2 heteroatoms. The van der Waals surface area contributed by atoms with Gasteiger partial charge in [0.15, 0.2) is 0 Å². The maximum atomic E-state index is 3.72. The minimum atomic E-state index is 0.341. The predicted molar refractivity (Wildman–Crippen MR) is 85.7 cm³/mol. The first kappa shape index (κ1) is 17.0. The van der Waals surface area contributed by atoms with E-state index >= 15 is 0 Å². The van der Waals surface area contributed by atoms with Crippen LogP contribution in [0, 0.1) is 0 Å². The Hall–Kier alpha value is -0.0800. The molecule has 1 fully saturated rings. The van der Waals surface area contributed by atoms with Gasteiger partial charge >= 0.3 is 0 Å². The maximum Gasteiger partial charge on any atom is 0.0278 e. The van der Waals surface area contributed by atoms with Gasteiger partial charge in [-0.25, -0.2) is 0 Å². The Bertz CT molecular complexity index is 225. The van der Waals surface area contributed by atoms with E-state index in [1.807, 2.05) is 0 Å². The molecule has 0 aliphatic carbocycles. The molecule has 1 rings (SSSR count). The van der Waals surface area contributed by atoms with Crippen molar-refractivity contribution in [3.63, 3.8) is 0 Å². The van der Waals surface area contributed by atoms with Gasteiger partial charge < -0.3 is 5.32 Å². The number of nitrogens with zero attached hydrogens (tertiary/aromatic N) is 1. The lowest BCUT2D eigenvalue weighted by molar-refractivity contribution is 0.0620. The molecule has 19 heavy (non-hydrogen) atoms. The van der Waals surface area contributed by atoms with E-state index < -0.39 is 0 Å². The summed E-state index contributed by atoms with van der Waals surface area (Å²) in [6.07, 6.45) is 11.0. The van der Waals surface area contributed by atoms with Crippen molar-refractivity contribution in [2.75, 3.05) is 19.6 Å². The van der Waals surface area contributed by atoms with E-state index in [1.54, 1.807) is 0 Å². The summed E-state index contributed by atoms with van der Waals surface area (Å²) in [4.78, 5) is 2.73. The Morgan fingerprint density at radius 1 is 1.00 bits per heavy atom. The lowest BCUT2D eigenvalue weighted by Crippen LogP contribution is -2.61. The van der Waals surface area contributed by atoms with Crippen molar-refractivity contribution in [2.24, 2.45) is 0 Å². The van der Waals surface area contributed by atoms with Crippen LogP contribution in [-0.4, -0.2) is 36.1 Å². The highest BCUT2D eigenvalue weighted by Crippen LogP contribution is 2.21. The summed E-state index contributed by atoms with van der Waals surface area (Å²) in [5, 5.41) is 3.72. The second-order valence-electron chi connectivity index (χ2n) is 6.89. The zero-order valence-electron chi connectivity index (χ0n) is 13.8. The van der Waals surface area contributed by atoms with Crippen LogP contribution in [0.3, 0.4) is 0 Å². The molecule has 1 heterocycles. The molecular weight excluding hydrogens is 232 g/mol. The molecule has 1 N–H and O–H groups in total. The molecule has 0 aromatic rings. The second kappa shape index (κ2) is 8.97. The Morgan fingerprint density at radius 2 is 1.68 bits per heavy atom. The third-order valence-electron chi connectivity index (χ3n) is 4.54. The van der Waals surface area contributed by atoms with Crippen molar-refractivity contribution in [2.45, 2.75) is 90.6 Å². The molecule has 0 bridgehead atoms. The fourth-order valence-corrected chi connectivity index (χ4v) is 3.10. The van der Waals surface area contributed by atoms with E-state index in [9.17, 15) is 0 Å². The van der Waals surface area contributed by atoms with Crippen molar-refractivity contribution in [1.29, 1.82) is 0 Å². The summed E-state index contributed by atoms with van der Waals surface area (Å²) in [6, 6.07) is 0.720. The smallest absolute Gasteiger partial charge is 0.0278 e. The average molecular weight is 268 g/mol. The summed E-state index contributed by atoms with van der Waals surface area (Å²) >= 11 is 0. The van der Waals surface area contributed by atoms with E-state index in [1.165, 1.54) is 64.5 Å². The van der Waals surface area contributed by atoms with Crippen LogP contribution in [0.4, 0.5) is 0 Å². The van der Waals surface area contributed by atoms with Gasteiger partial charge in [0.25, 0.3) is 0 Å². The van der Waals surface area contributed by atoms with Crippen LogP contribution < -0.4 is 5.32 Å². The Balaban J connectivity index is 2.23. The van der Waals surface area contributed by atoms with Gasteiger partial charge in [-0.05, 0) is 33.2 Å². The average Bonchev–Trinajstić information content (AvgIpc) is 2.37. The fraction of sp³-hybridized carbons (Fsp3) is 1.00. The predicted octanol–water partition coefficient (Wildman–Crippen LogP) is 4.20. The minimum absolute atomic E-state index is 0.341. The Labute approximate surface area is 121 Å². The maximum absolute atomic E-state index is 3.72. The number of hydrogen-bond donors (Lipinski definition) is 1. The van der Waals surface area contributed by atoms with Crippen LogP contribution in [0.25, 0.3) is 0 Å². The van der Waals surface area contributed by atoms with Crippen LogP contribution in [0.15, 0.2) is 0 Å².